The maximum absolute atomic E-state index is 12.7. The number of aldehydes is 1. The first-order valence-corrected chi connectivity index (χ1v) is 7.96. The van der Waals surface area contributed by atoms with Crippen LogP contribution < -0.4 is 0 Å². The van der Waals surface area contributed by atoms with Crippen LogP contribution in [0.3, 0.4) is 0 Å². The van der Waals surface area contributed by atoms with E-state index in [2.05, 4.69) is 13.8 Å². The molecule has 1 amide bonds. The van der Waals surface area contributed by atoms with Crippen LogP contribution in [-0.2, 0) is 11.3 Å². The van der Waals surface area contributed by atoms with Gasteiger partial charge in [-0.25, -0.2) is 0 Å². The average Bonchev–Trinajstić information content (AvgIpc) is 2.85. The highest BCUT2D eigenvalue weighted by atomic mass is 16.2. The van der Waals surface area contributed by atoms with Gasteiger partial charge >= 0.3 is 0 Å². The van der Waals surface area contributed by atoms with Gasteiger partial charge < -0.3 is 9.47 Å². The molecule has 2 aromatic rings. The molecule has 1 aromatic carbocycles. The van der Waals surface area contributed by atoms with Gasteiger partial charge in [0.2, 0.25) is 5.91 Å². The lowest BCUT2D eigenvalue weighted by atomic mass is 9.97. The third kappa shape index (κ3) is 2.54. The molecular weight excluding hydrogens is 276 g/mol. The van der Waals surface area contributed by atoms with Gasteiger partial charge in [-0.05, 0) is 39.2 Å². The maximum atomic E-state index is 12.7. The van der Waals surface area contributed by atoms with Gasteiger partial charge in [0.25, 0.3) is 0 Å². The zero-order chi connectivity index (χ0) is 15.7. The monoisotopic (exact) mass is 298 g/mol. The van der Waals surface area contributed by atoms with Gasteiger partial charge in [0.1, 0.15) is 6.54 Å². The van der Waals surface area contributed by atoms with Crippen molar-refractivity contribution in [1.82, 2.24) is 9.47 Å². The molecular formula is C18H22N2O2. The van der Waals surface area contributed by atoms with Gasteiger partial charge in [0, 0.05) is 34.7 Å². The molecule has 0 radical (unpaired) electrons. The summed E-state index contributed by atoms with van der Waals surface area (Å²) in [6, 6.07) is 8.32. The number of aromatic nitrogens is 1. The largest absolute Gasteiger partial charge is 0.337 e. The minimum absolute atomic E-state index is 0.137. The molecule has 0 saturated carbocycles. The van der Waals surface area contributed by atoms with E-state index in [-0.39, 0.29) is 5.91 Å². The third-order valence-corrected chi connectivity index (χ3v) is 4.73. The molecule has 1 saturated heterocycles. The Morgan fingerprint density at radius 3 is 2.59 bits per heavy atom. The third-order valence-electron chi connectivity index (χ3n) is 4.73. The lowest BCUT2D eigenvalue weighted by molar-refractivity contribution is -0.137. The number of para-hydroxylation sites is 1. The van der Waals surface area contributed by atoms with Crippen molar-refractivity contribution in [2.24, 2.45) is 0 Å². The van der Waals surface area contributed by atoms with Crippen LogP contribution in [0, 0.1) is 0 Å². The molecule has 4 nitrogen and oxygen atoms in total. The number of piperidine rings is 1. The number of likely N-dealkylation sites (tertiary alicyclic amines) is 1. The summed E-state index contributed by atoms with van der Waals surface area (Å²) >= 11 is 0. The number of carbonyl (C=O) groups excluding carboxylic acids is 2. The van der Waals surface area contributed by atoms with Gasteiger partial charge in [-0.15, -0.1) is 0 Å². The topological polar surface area (TPSA) is 42.3 Å². The van der Waals surface area contributed by atoms with E-state index >= 15 is 0 Å². The van der Waals surface area contributed by atoms with Crippen LogP contribution >= 0.6 is 0 Å². The fourth-order valence-electron chi connectivity index (χ4n) is 3.64. The summed E-state index contributed by atoms with van der Waals surface area (Å²) in [5, 5.41) is 0.907. The summed E-state index contributed by atoms with van der Waals surface area (Å²) in [5.41, 5.74) is 1.58. The molecule has 2 unspecified atom stereocenters. The van der Waals surface area contributed by atoms with Crippen molar-refractivity contribution in [3.8, 4) is 0 Å². The Kier molecular flexibility index (Phi) is 4.01. The highest BCUT2D eigenvalue weighted by Gasteiger charge is 2.29. The minimum atomic E-state index is 0.137. The van der Waals surface area contributed by atoms with Crippen molar-refractivity contribution in [2.75, 3.05) is 0 Å². The van der Waals surface area contributed by atoms with Crippen molar-refractivity contribution >= 4 is 23.1 Å². The Morgan fingerprint density at radius 1 is 1.23 bits per heavy atom. The number of amides is 1. The van der Waals surface area contributed by atoms with Gasteiger partial charge in [-0.2, -0.15) is 0 Å². The molecule has 2 heterocycles. The summed E-state index contributed by atoms with van der Waals surface area (Å²) in [4.78, 5) is 26.0. The SMILES string of the molecule is CC1CCCC(C)N1C(=O)Cn1cc(C=O)c2ccccc21. The Balaban J connectivity index is 1.89. The maximum Gasteiger partial charge on any atom is 0.242 e. The highest BCUT2D eigenvalue weighted by molar-refractivity contribution is 5.98. The van der Waals surface area contributed by atoms with E-state index < -0.39 is 0 Å². The molecule has 116 valence electrons. The summed E-state index contributed by atoms with van der Waals surface area (Å²) in [5.74, 6) is 0.137. The second-order valence-electron chi connectivity index (χ2n) is 6.28. The molecule has 4 heteroatoms. The van der Waals surface area contributed by atoms with Gasteiger partial charge in [0.15, 0.2) is 6.29 Å². The smallest absolute Gasteiger partial charge is 0.242 e. The summed E-state index contributed by atoms with van der Waals surface area (Å²) in [6.45, 7) is 4.54. The first-order chi connectivity index (χ1) is 10.6. The average molecular weight is 298 g/mol. The van der Waals surface area contributed by atoms with Crippen molar-refractivity contribution in [3.05, 3.63) is 36.0 Å². The van der Waals surface area contributed by atoms with E-state index in [9.17, 15) is 9.59 Å². The fraction of sp³-hybridized carbons (Fsp3) is 0.444. The first kappa shape index (κ1) is 14.8. The number of rotatable bonds is 3. The molecule has 0 N–H and O–H groups in total. The van der Waals surface area contributed by atoms with Gasteiger partial charge in [-0.3, -0.25) is 9.59 Å². The van der Waals surface area contributed by atoms with Crippen LogP contribution in [0.1, 0.15) is 43.5 Å². The zero-order valence-corrected chi connectivity index (χ0v) is 13.2. The Hall–Kier alpha value is -2.10. The van der Waals surface area contributed by atoms with E-state index in [0.29, 0.717) is 24.2 Å². The van der Waals surface area contributed by atoms with Gasteiger partial charge in [-0.1, -0.05) is 18.2 Å². The van der Waals surface area contributed by atoms with Crippen LogP contribution in [-0.4, -0.2) is 33.7 Å². The van der Waals surface area contributed by atoms with Crippen LogP contribution in [0.5, 0.6) is 0 Å². The fourth-order valence-corrected chi connectivity index (χ4v) is 3.64. The molecule has 0 spiro atoms. The van der Waals surface area contributed by atoms with E-state index in [1.807, 2.05) is 33.7 Å². The molecule has 2 atom stereocenters. The van der Waals surface area contributed by atoms with Crippen LogP contribution in [0.2, 0.25) is 0 Å². The normalized spacial score (nSPS) is 22.0. The predicted molar refractivity (Wildman–Crippen MR) is 86.9 cm³/mol. The second-order valence-corrected chi connectivity index (χ2v) is 6.28. The van der Waals surface area contributed by atoms with Crippen molar-refractivity contribution < 1.29 is 9.59 Å². The van der Waals surface area contributed by atoms with Crippen molar-refractivity contribution in [1.29, 1.82) is 0 Å². The number of hydrogen-bond donors (Lipinski definition) is 0. The minimum Gasteiger partial charge on any atom is -0.337 e. The Labute approximate surface area is 130 Å². The predicted octanol–water partition coefficient (Wildman–Crippen LogP) is 3.24. The van der Waals surface area contributed by atoms with Crippen LogP contribution in [0.4, 0.5) is 0 Å². The molecule has 1 fully saturated rings. The molecule has 0 bridgehead atoms. The number of hydrogen-bond acceptors (Lipinski definition) is 2. The molecule has 3 rings (SSSR count). The first-order valence-electron chi connectivity index (χ1n) is 7.96. The van der Waals surface area contributed by atoms with E-state index in [0.717, 1.165) is 30.0 Å². The quantitative estimate of drug-likeness (QED) is 0.816. The lowest BCUT2D eigenvalue weighted by Gasteiger charge is -2.39. The molecule has 0 aliphatic carbocycles. The Morgan fingerprint density at radius 2 is 1.91 bits per heavy atom. The highest BCUT2D eigenvalue weighted by Crippen LogP contribution is 2.24. The number of fused-ring (bicyclic) bond motifs is 1. The second kappa shape index (κ2) is 5.95. The van der Waals surface area contributed by atoms with E-state index in [1.54, 1.807) is 6.20 Å². The number of carbonyl (C=O) groups is 2. The Bertz CT molecular complexity index is 694. The van der Waals surface area contributed by atoms with Crippen LogP contribution in [0.25, 0.3) is 10.9 Å². The number of nitrogens with zero attached hydrogens (tertiary/aromatic N) is 2. The summed E-state index contributed by atoms with van der Waals surface area (Å²) in [7, 11) is 0. The lowest BCUT2D eigenvalue weighted by Crippen LogP contribution is -2.48. The number of benzene rings is 1. The summed E-state index contributed by atoms with van der Waals surface area (Å²) < 4.78 is 1.90. The van der Waals surface area contributed by atoms with E-state index in [4.69, 9.17) is 0 Å². The van der Waals surface area contributed by atoms with Crippen LogP contribution in [0.15, 0.2) is 30.5 Å². The van der Waals surface area contributed by atoms with E-state index in [1.165, 1.54) is 6.42 Å². The molecule has 22 heavy (non-hydrogen) atoms. The standard InChI is InChI=1S/C18H22N2O2/c1-13-6-5-7-14(2)20(13)18(22)11-19-10-15(12-21)16-8-3-4-9-17(16)19/h3-4,8-10,12-14H,5-7,11H2,1-2H3. The molecule has 1 aliphatic heterocycles. The van der Waals surface area contributed by atoms with Crippen molar-refractivity contribution in [2.45, 2.75) is 51.7 Å². The van der Waals surface area contributed by atoms with Gasteiger partial charge in [0.05, 0.1) is 0 Å². The van der Waals surface area contributed by atoms with Crippen molar-refractivity contribution in [3.63, 3.8) is 0 Å². The molecule has 1 aliphatic rings. The summed E-state index contributed by atoms with van der Waals surface area (Å²) in [6.07, 6.45) is 5.97. The molecule has 1 aromatic heterocycles. The zero-order valence-electron chi connectivity index (χ0n) is 13.2.